The summed E-state index contributed by atoms with van der Waals surface area (Å²) in [7, 11) is 0. The van der Waals surface area contributed by atoms with E-state index in [4.69, 9.17) is 0 Å². The Hall–Kier alpha value is 0.337. The number of carbonyl (C=O) groups excluding carboxylic acids is 1. The molecule has 0 N–H and O–H groups in total. The van der Waals surface area contributed by atoms with Crippen molar-refractivity contribution >= 4 is 18.0 Å². The molecule has 0 aliphatic heterocycles. The fourth-order valence-corrected chi connectivity index (χ4v) is 0.679. The molecule has 0 aromatic heterocycles. The first kappa shape index (κ1) is 13.9. The zero-order valence-corrected chi connectivity index (χ0v) is 7.48. The van der Waals surface area contributed by atoms with Gasteiger partial charge in [0.15, 0.2) is 0 Å². The molecule has 0 fully saturated rings. The third kappa shape index (κ3) is 10.3. The molecule has 0 aliphatic carbocycles. The maximum atomic E-state index is 10.5. The molecule has 0 bridgehead atoms. The molecule has 0 heterocycles. The molecule has 0 unspecified atom stereocenters. The van der Waals surface area contributed by atoms with Crippen molar-refractivity contribution in [1.29, 1.82) is 0 Å². The summed E-state index contributed by atoms with van der Waals surface area (Å²) in [5.74, 6) is -0.315. The normalized spacial score (nSPS) is 8.55. The summed E-state index contributed by atoms with van der Waals surface area (Å²) in [5, 5.41) is 9.41. The monoisotopic (exact) mass is 172 g/mol. The van der Waals surface area contributed by atoms with Crippen molar-refractivity contribution < 1.29 is 38.0 Å². The van der Waals surface area contributed by atoms with E-state index in [1.165, 1.54) is 0 Å². The van der Waals surface area contributed by atoms with E-state index in [0.29, 0.717) is 6.42 Å². The predicted molar refractivity (Wildman–Crippen MR) is 34.8 cm³/mol. The average Bonchev–Trinajstić information content (AvgIpc) is 1.89. The number of rotatable bonds is 5. The zero-order chi connectivity index (χ0) is 7.82. The van der Waals surface area contributed by atoms with Crippen LogP contribution in [0.25, 0.3) is 0 Å². The summed E-state index contributed by atoms with van der Waals surface area (Å²) in [6.07, 6.45) is 2.31. The molecule has 60 valence electrons. The molecule has 0 spiro atoms. The molecule has 0 amide bonds. The largest absolute Gasteiger partial charge is 1.00 e. The second-order valence-electron chi connectivity index (χ2n) is 1.55. The standard InChI is InChI=1S/C5H10O4S.Li/c1-10-9-5(6)3-2-4-8-7;/h7H,2-4H2,1H3;/q;+1/p-1. The van der Waals surface area contributed by atoms with Gasteiger partial charge < -0.3 is 14.3 Å². The first-order chi connectivity index (χ1) is 4.81. The fourth-order valence-electron chi connectivity index (χ4n) is 0.410. The van der Waals surface area contributed by atoms with Crippen molar-refractivity contribution in [2.75, 3.05) is 12.9 Å². The van der Waals surface area contributed by atoms with Crippen LogP contribution >= 0.6 is 12.0 Å². The van der Waals surface area contributed by atoms with E-state index in [2.05, 4.69) is 9.07 Å². The van der Waals surface area contributed by atoms with Crippen LogP contribution in [0.5, 0.6) is 0 Å². The third-order valence-electron chi connectivity index (χ3n) is 0.785. The summed E-state index contributed by atoms with van der Waals surface area (Å²) >= 11 is 0.999. The van der Waals surface area contributed by atoms with E-state index >= 15 is 0 Å². The van der Waals surface area contributed by atoms with Crippen LogP contribution < -0.4 is 24.1 Å². The Bertz CT molecular complexity index is 100. The Labute approximate surface area is 81.9 Å². The van der Waals surface area contributed by atoms with Gasteiger partial charge in [0, 0.05) is 19.3 Å². The maximum Gasteiger partial charge on any atom is 1.00 e. The summed E-state index contributed by atoms with van der Waals surface area (Å²) < 4.78 is 4.51. The van der Waals surface area contributed by atoms with Gasteiger partial charge in [0.2, 0.25) is 0 Å². The first-order valence-corrected chi connectivity index (χ1v) is 3.94. The molecule has 0 saturated heterocycles. The molecule has 0 rings (SSSR count). The van der Waals surface area contributed by atoms with Crippen LogP contribution in [0.1, 0.15) is 12.8 Å². The molecular weight excluding hydrogens is 163 g/mol. The Morgan fingerprint density at radius 1 is 1.64 bits per heavy atom. The van der Waals surface area contributed by atoms with E-state index in [1.54, 1.807) is 6.26 Å². The summed E-state index contributed by atoms with van der Waals surface area (Å²) in [4.78, 5) is 14.0. The summed E-state index contributed by atoms with van der Waals surface area (Å²) in [6, 6.07) is 0. The van der Waals surface area contributed by atoms with Gasteiger partial charge in [-0.15, -0.1) is 0 Å². The zero-order valence-electron chi connectivity index (χ0n) is 6.66. The van der Waals surface area contributed by atoms with Crippen molar-refractivity contribution in [2.45, 2.75) is 12.8 Å². The molecule has 0 radical (unpaired) electrons. The minimum Gasteiger partial charge on any atom is -0.723 e. The Morgan fingerprint density at radius 3 is 2.73 bits per heavy atom. The van der Waals surface area contributed by atoms with Crippen molar-refractivity contribution in [3.05, 3.63) is 0 Å². The van der Waals surface area contributed by atoms with Crippen molar-refractivity contribution in [3.63, 3.8) is 0 Å². The third-order valence-corrected chi connectivity index (χ3v) is 1.14. The molecule has 11 heavy (non-hydrogen) atoms. The van der Waals surface area contributed by atoms with Crippen LogP contribution in [0.2, 0.25) is 0 Å². The van der Waals surface area contributed by atoms with Crippen LogP contribution in [0.3, 0.4) is 0 Å². The fraction of sp³-hybridized carbons (Fsp3) is 0.800. The van der Waals surface area contributed by atoms with Crippen LogP contribution in [0.4, 0.5) is 0 Å². The molecule has 0 aromatic carbocycles. The second kappa shape index (κ2) is 10.3. The molecule has 6 heteroatoms. The number of hydrogen-bond donors (Lipinski definition) is 0. The Morgan fingerprint density at radius 2 is 2.27 bits per heavy atom. The Balaban J connectivity index is 0. The molecule has 0 aliphatic rings. The minimum atomic E-state index is -0.315. The molecule has 0 aromatic rings. The van der Waals surface area contributed by atoms with Gasteiger partial charge in [0.25, 0.3) is 0 Å². The number of hydrogen-bond acceptors (Lipinski definition) is 5. The van der Waals surface area contributed by atoms with Gasteiger partial charge in [-0.25, -0.2) is 0 Å². The van der Waals surface area contributed by atoms with Gasteiger partial charge in [-0.1, -0.05) is 0 Å². The first-order valence-electron chi connectivity index (χ1n) is 2.79. The van der Waals surface area contributed by atoms with Gasteiger partial charge >= 0.3 is 24.8 Å². The summed E-state index contributed by atoms with van der Waals surface area (Å²) in [6.45, 7) is 0.0590. The van der Waals surface area contributed by atoms with E-state index in [1.807, 2.05) is 0 Å². The van der Waals surface area contributed by atoms with E-state index in [9.17, 15) is 10.1 Å². The van der Waals surface area contributed by atoms with Gasteiger partial charge in [-0.3, -0.25) is 4.79 Å². The maximum absolute atomic E-state index is 10.5. The van der Waals surface area contributed by atoms with E-state index in [-0.39, 0.29) is 37.9 Å². The summed E-state index contributed by atoms with van der Waals surface area (Å²) in [5.41, 5.74) is 0. The topological polar surface area (TPSA) is 58.6 Å². The van der Waals surface area contributed by atoms with Crippen LogP contribution in [-0.2, 0) is 13.9 Å². The van der Waals surface area contributed by atoms with Gasteiger partial charge in [0.1, 0.15) is 0 Å². The number of carbonyl (C=O) groups is 1. The van der Waals surface area contributed by atoms with Crippen LogP contribution in [0, 0.1) is 0 Å². The molecule has 0 atom stereocenters. The predicted octanol–water partition coefficient (Wildman–Crippen LogP) is -3.12. The minimum absolute atomic E-state index is 0. The van der Waals surface area contributed by atoms with Crippen molar-refractivity contribution in [1.82, 2.24) is 0 Å². The SMILES string of the molecule is CSOC(=O)CCCO[O-].[Li+]. The Kier molecular flexibility index (Phi) is 13.1. The smallest absolute Gasteiger partial charge is 0.723 e. The molecular formula is C5H9LiO4S. The van der Waals surface area contributed by atoms with Crippen LogP contribution in [0.15, 0.2) is 0 Å². The quantitative estimate of drug-likeness (QED) is 0.144. The molecule has 0 saturated carbocycles. The van der Waals surface area contributed by atoms with Gasteiger partial charge in [-0.2, -0.15) is 0 Å². The van der Waals surface area contributed by atoms with Crippen LogP contribution in [-0.4, -0.2) is 18.8 Å². The van der Waals surface area contributed by atoms with Gasteiger partial charge in [-0.05, 0) is 6.42 Å². The average molecular weight is 172 g/mol. The van der Waals surface area contributed by atoms with E-state index in [0.717, 1.165) is 12.0 Å². The van der Waals surface area contributed by atoms with E-state index < -0.39 is 0 Å². The van der Waals surface area contributed by atoms with Crippen molar-refractivity contribution in [2.24, 2.45) is 0 Å². The molecule has 4 nitrogen and oxygen atoms in total. The second-order valence-corrected chi connectivity index (χ2v) is 2.05. The van der Waals surface area contributed by atoms with Gasteiger partial charge in [0.05, 0.1) is 12.0 Å². The van der Waals surface area contributed by atoms with Crippen molar-refractivity contribution in [3.8, 4) is 0 Å².